The summed E-state index contributed by atoms with van der Waals surface area (Å²) in [5.74, 6) is 0.918. The Bertz CT molecular complexity index is 593. The normalized spacial score (nSPS) is 11.0. The minimum absolute atomic E-state index is 0.516. The summed E-state index contributed by atoms with van der Waals surface area (Å²) in [4.78, 5) is 4.55. The molecule has 0 unspecified atom stereocenters. The summed E-state index contributed by atoms with van der Waals surface area (Å²) in [6.07, 6.45) is 4.22. The Morgan fingerprint density at radius 3 is 2.55 bits per heavy atom. The Balaban J connectivity index is 2.05. The lowest BCUT2D eigenvalue weighted by Gasteiger charge is -2.12. The van der Waals surface area contributed by atoms with Gasteiger partial charge in [0, 0.05) is 17.0 Å². The van der Waals surface area contributed by atoms with Gasteiger partial charge in [0.1, 0.15) is 17.4 Å². The summed E-state index contributed by atoms with van der Waals surface area (Å²) < 4.78 is 5.95. The Hall–Kier alpha value is -1.48. The Morgan fingerprint density at radius 2 is 1.91 bits per heavy atom. The van der Waals surface area contributed by atoms with Crippen LogP contribution in [0.4, 0.5) is 0 Å². The molecule has 0 fully saturated rings. The molecule has 0 saturated carbocycles. The third-order valence-corrected chi connectivity index (χ3v) is 4.33. The van der Waals surface area contributed by atoms with Gasteiger partial charge in [-0.15, -0.1) is 11.8 Å². The molecule has 0 bridgehead atoms. The second-order valence-corrected chi connectivity index (χ2v) is 7.39. The molecule has 22 heavy (non-hydrogen) atoms. The second kappa shape index (κ2) is 8.23. The van der Waals surface area contributed by atoms with Crippen LogP contribution in [-0.2, 0) is 13.0 Å². The Labute approximate surface area is 138 Å². The number of rotatable bonds is 7. The molecule has 1 aromatic carbocycles. The van der Waals surface area contributed by atoms with Crippen molar-refractivity contribution in [1.29, 1.82) is 0 Å². The van der Waals surface area contributed by atoms with Crippen LogP contribution in [0.5, 0.6) is 5.75 Å². The summed E-state index contributed by atoms with van der Waals surface area (Å²) in [5.41, 5.74) is 3.70. The van der Waals surface area contributed by atoms with Gasteiger partial charge in [-0.25, -0.2) is 4.98 Å². The standard InChI is InChI=1S/C19H25NOS/c1-5-6-16-7-9-18(10-8-16)21-13-17-11-15(4)12-20-19(17)22-14(2)3/h7-12,14H,5-6,13H2,1-4H3. The lowest BCUT2D eigenvalue weighted by atomic mass is 10.1. The molecule has 1 aromatic heterocycles. The number of pyridine rings is 1. The van der Waals surface area contributed by atoms with Crippen molar-refractivity contribution in [3.63, 3.8) is 0 Å². The van der Waals surface area contributed by atoms with Crippen LogP contribution in [0.1, 0.15) is 43.9 Å². The molecular formula is C19H25NOS. The fourth-order valence-electron chi connectivity index (χ4n) is 2.25. The first kappa shape index (κ1) is 16.9. The Kier molecular flexibility index (Phi) is 6.32. The van der Waals surface area contributed by atoms with E-state index >= 15 is 0 Å². The van der Waals surface area contributed by atoms with E-state index in [9.17, 15) is 0 Å². The van der Waals surface area contributed by atoms with E-state index in [2.05, 4.69) is 63.0 Å². The first-order valence-corrected chi connectivity index (χ1v) is 8.80. The van der Waals surface area contributed by atoms with E-state index in [4.69, 9.17) is 4.74 Å². The highest BCUT2D eigenvalue weighted by Crippen LogP contribution is 2.26. The average Bonchev–Trinajstić information content (AvgIpc) is 2.49. The van der Waals surface area contributed by atoms with Gasteiger partial charge in [-0.2, -0.15) is 0 Å². The summed E-state index contributed by atoms with van der Waals surface area (Å²) >= 11 is 1.79. The summed E-state index contributed by atoms with van der Waals surface area (Å²) in [5, 5.41) is 1.59. The van der Waals surface area contributed by atoms with Crippen LogP contribution in [0.3, 0.4) is 0 Å². The van der Waals surface area contributed by atoms with Crippen LogP contribution >= 0.6 is 11.8 Å². The average molecular weight is 315 g/mol. The monoisotopic (exact) mass is 315 g/mol. The number of hydrogen-bond acceptors (Lipinski definition) is 3. The molecule has 0 saturated heterocycles. The highest BCUT2D eigenvalue weighted by atomic mass is 32.2. The summed E-state index contributed by atoms with van der Waals surface area (Å²) in [7, 11) is 0. The SMILES string of the molecule is CCCc1ccc(OCc2cc(C)cnc2SC(C)C)cc1. The maximum absolute atomic E-state index is 5.95. The molecule has 1 heterocycles. The van der Waals surface area contributed by atoms with Crippen molar-refractivity contribution in [3.05, 3.63) is 53.2 Å². The van der Waals surface area contributed by atoms with Gasteiger partial charge in [-0.3, -0.25) is 0 Å². The fraction of sp³-hybridized carbons (Fsp3) is 0.421. The van der Waals surface area contributed by atoms with Crippen molar-refractivity contribution in [2.45, 2.75) is 57.4 Å². The van der Waals surface area contributed by atoms with Gasteiger partial charge in [0.25, 0.3) is 0 Å². The number of ether oxygens (including phenoxy) is 1. The van der Waals surface area contributed by atoms with Gasteiger partial charge in [0.15, 0.2) is 0 Å². The zero-order chi connectivity index (χ0) is 15.9. The zero-order valence-electron chi connectivity index (χ0n) is 13.9. The van der Waals surface area contributed by atoms with Crippen LogP contribution in [0.25, 0.3) is 0 Å². The quantitative estimate of drug-likeness (QED) is 0.637. The molecule has 0 spiro atoms. The van der Waals surface area contributed by atoms with Gasteiger partial charge < -0.3 is 4.74 Å². The van der Waals surface area contributed by atoms with E-state index in [1.165, 1.54) is 17.5 Å². The predicted octanol–water partition coefficient (Wildman–Crippen LogP) is 5.42. The number of thioether (sulfide) groups is 1. The topological polar surface area (TPSA) is 22.1 Å². The molecule has 118 valence electrons. The predicted molar refractivity (Wildman–Crippen MR) is 94.7 cm³/mol. The lowest BCUT2D eigenvalue weighted by Crippen LogP contribution is -2.01. The van der Waals surface area contributed by atoms with E-state index in [0.717, 1.165) is 22.8 Å². The van der Waals surface area contributed by atoms with E-state index in [1.54, 1.807) is 11.8 Å². The smallest absolute Gasteiger partial charge is 0.119 e. The molecule has 0 atom stereocenters. The molecule has 0 N–H and O–H groups in total. The van der Waals surface area contributed by atoms with Crippen molar-refractivity contribution in [2.24, 2.45) is 0 Å². The molecule has 2 nitrogen and oxygen atoms in total. The zero-order valence-corrected chi connectivity index (χ0v) is 14.7. The second-order valence-electron chi connectivity index (χ2n) is 5.83. The third-order valence-electron chi connectivity index (χ3n) is 3.27. The summed E-state index contributed by atoms with van der Waals surface area (Å²) in [6, 6.07) is 10.6. The van der Waals surface area contributed by atoms with Crippen molar-refractivity contribution in [2.75, 3.05) is 0 Å². The van der Waals surface area contributed by atoms with Gasteiger partial charge in [-0.05, 0) is 42.7 Å². The van der Waals surface area contributed by atoms with E-state index in [-0.39, 0.29) is 0 Å². The van der Waals surface area contributed by atoms with Crippen molar-refractivity contribution in [1.82, 2.24) is 4.98 Å². The molecule has 2 rings (SSSR count). The first-order chi connectivity index (χ1) is 10.6. The molecule has 0 aliphatic heterocycles. The number of benzene rings is 1. The van der Waals surface area contributed by atoms with Crippen LogP contribution in [0.2, 0.25) is 0 Å². The minimum atomic E-state index is 0.516. The number of aryl methyl sites for hydroxylation is 2. The number of aromatic nitrogens is 1. The third kappa shape index (κ3) is 5.06. The summed E-state index contributed by atoms with van der Waals surface area (Å²) in [6.45, 7) is 9.20. The molecule has 0 amide bonds. The van der Waals surface area contributed by atoms with Gasteiger partial charge in [-0.1, -0.05) is 39.3 Å². The van der Waals surface area contributed by atoms with Gasteiger partial charge >= 0.3 is 0 Å². The molecule has 0 aliphatic rings. The highest BCUT2D eigenvalue weighted by Gasteiger charge is 2.08. The fourth-order valence-corrected chi connectivity index (χ4v) is 3.08. The van der Waals surface area contributed by atoms with Gasteiger partial charge in [0.05, 0.1) is 0 Å². The maximum atomic E-state index is 5.95. The molecule has 0 aliphatic carbocycles. The Morgan fingerprint density at radius 1 is 1.18 bits per heavy atom. The first-order valence-electron chi connectivity index (χ1n) is 7.92. The number of hydrogen-bond donors (Lipinski definition) is 0. The number of nitrogens with zero attached hydrogens (tertiary/aromatic N) is 1. The van der Waals surface area contributed by atoms with Crippen LogP contribution < -0.4 is 4.74 Å². The molecule has 0 radical (unpaired) electrons. The molecular weight excluding hydrogens is 290 g/mol. The lowest BCUT2D eigenvalue weighted by molar-refractivity contribution is 0.302. The van der Waals surface area contributed by atoms with E-state index in [1.807, 2.05) is 6.20 Å². The minimum Gasteiger partial charge on any atom is -0.489 e. The van der Waals surface area contributed by atoms with Crippen molar-refractivity contribution >= 4 is 11.8 Å². The molecule has 3 heteroatoms. The van der Waals surface area contributed by atoms with Crippen LogP contribution in [0.15, 0.2) is 41.6 Å². The van der Waals surface area contributed by atoms with Crippen LogP contribution in [0, 0.1) is 6.92 Å². The van der Waals surface area contributed by atoms with Crippen LogP contribution in [-0.4, -0.2) is 10.2 Å². The van der Waals surface area contributed by atoms with Crippen molar-refractivity contribution < 1.29 is 4.74 Å². The maximum Gasteiger partial charge on any atom is 0.119 e. The van der Waals surface area contributed by atoms with Gasteiger partial charge in [0.2, 0.25) is 0 Å². The molecule has 2 aromatic rings. The largest absolute Gasteiger partial charge is 0.489 e. The highest BCUT2D eigenvalue weighted by molar-refractivity contribution is 7.99. The van der Waals surface area contributed by atoms with E-state index in [0.29, 0.717) is 11.9 Å². The van der Waals surface area contributed by atoms with E-state index < -0.39 is 0 Å². The van der Waals surface area contributed by atoms with Crippen molar-refractivity contribution in [3.8, 4) is 5.75 Å².